The summed E-state index contributed by atoms with van der Waals surface area (Å²) in [6.07, 6.45) is 3.02. The number of halogens is 1. The highest BCUT2D eigenvalue weighted by atomic mass is 35.5. The zero-order chi connectivity index (χ0) is 48.1. The topological polar surface area (TPSA) is 237 Å². The second kappa shape index (κ2) is 26.2. The lowest BCUT2D eigenvalue weighted by Gasteiger charge is -2.27. The first kappa shape index (κ1) is 56.6. The van der Waals surface area contributed by atoms with Crippen molar-refractivity contribution in [2.45, 2.75) is 78.4 Å². The third-order valence-electron chi connectivity index (χ3n) is 10.4. The summed E-state index contributed by atoms with van der Waals surface area (Å²) in [5.41, 5.74) is 18.6. The van der Waals surface area contributed by atoms with Crippen molar-refractivity contribution in [2.24, 2.45) is 10.4 Å². The third-order valence-corrected chi connectivity index (χ3v) is 10.4. The molecule has 1 amide bonds. The van der Waals surface area contributed by atoms with Gasteiger partial charge in [0.15, 0.2) is 0 Å². The normalized spacial score (nSPS) is 16.7. The highest BCUT2D eigenvalue weighted by molar-refractivity contribution is 5.85. The van der Waals surface area contributed by atoms with E-state index >= 15 is 0 Å². The Labute approximate surface area is 414 Å². The Hall–Kier alpha value is -7.70. The van der Waals surface area contributed by atoms with Gasteiger partial charge in [-0.05, 0) is 78.7 Å². The monoisotopic (exact) mass is 976 g/mol. The molecule has 4 atom stereocenters. The zero-order valence-electron chi connectivity index (χ0n) is 38.2. The minimum Gasteiger partial charge on any atom is -0.471 e. The molecule has 0 aliphatic carbocycles. The molecular formula is C51H61ClN10O8. The van der Waals surface area contributed by atoms with Gasteiger partial charge in [-0.2, -0.15) is 11.1 Å². The van der Waals surface area contributed by atoms with E-state index in [4.69, 9.17) is 54.7 Å². The Morgan fingerprint density at radius 3 is 1.57 bits per heavy atom. The van der Waals surface area contributed by atoms with Crippen LogP contribution in [0.1, 0.15) is 59.6 Å². The molecule has 70 heavy (non-hydrogen) atoms. The molecule has 0 unspecified atom stereocenters. The van der Waals surface area contributed by atoms with Crippen LogP contribution in [0.15, 0.2) is 121 Å². The van der Waals surface area contributed by atoms with Gasteiger partial charge in [0.2, 0.25) is 11.8 Å². The van der Waals surface area contributed by atoms with Crippen LogP contribution in [-0.4, -0.2) is 100 Å². The fourth-order valence-electron chi connectivity index (χ4n) is 7.33. The number of nitrogens with zero attached hydrogens (tertiary/aromatic N) is 7. The van der Waals surface area contributed by atoms with Crippen molar-refractivity contribution in [3.63, 3.8) is 0 Å². The summed E-state index contributed by atoms with van der Waals surface area (Å²) in [6.45, 7) is 13.7. The SMILES string of the molecule is C.C.C=Cc1cccc(-c2nc3ccccc3nc2O[C@@H]2C[C@@H](C(=O)OC)N(C(=O)OC(C)(C)C)C2)c1.C=Cc1cccc(-c2nc3ccccc3nc2O[C@H]2CN[C@H](C(=O)OC)C2)c1.Cl.N=NN=N. The Balaban J connectivity index is 0.000000336. The van der Waals surface area contributed by atoms with Gasteiger partial charge in [0.1, 0.15) is 41.3 Å². The number of likely N-dealkylation sites (tertiary alicyclic amines) is 1. The molecule has 0 bridgehead atoms. The number of para-hydroxylation sites is 4. The van der Waals surface area contributed by atoms with E-state index in [9.17, 15) is 14.4 Å². The van der Waals surface area contributed by atoms with Gasteiger partial charge in [-0.15, -0.1) is 12.4 Å². The number of aromatic nitrogens is 4. The molecule has 2 aliphatic heterocycles. The van der Waals surface area contributed by atoms with Crippen molar-refractivity contribution in [1.82, 2.24) is 30.2 Å². The number of benzene rings is 4. The van der Waals surface area contributed by atoms with Crippen LogP contribution in [0.5, 0.6) is 11.8 Å². The predicted octanol–water partition coefficient (Wildman–Crippen LogP) is 10.7. The Morgan fingerprint density at radius 1 is 0.686 bits per heavy atom. The second-order valence-electron chi connectivity index (χ2n) is 16.2. The van der Waals surface area contributed by atoms with Gasteiger partial charge in [0.05, 0.1) is 42.8 Å². The van der Waals surface area contributed by atoms with Crippen molar-refractivity contribution in [1.29, 1.82) is 11.1 Å². The molecule has 2 saturated heterocycles. The summed E-state index contributed by atoms with van der Waals surface area (Å²) < 4.78 is 27.8. The molecule has 0 saturated carbocycles. The summed E-state index contributed by atoms with van der Waals surface area (Å²) >= 11 is 0. The number of carbonyl (C=O) groups is 3. The number of esters is 2. The Morgan fingerprint density at radius 2 is 1.14 bits per heavy atom. The maximum absolute atomic E-state index is 12.8. The van der Waals surface area contributed by atoms with E-state index in [-0.39, 0.29) is 58.3 Å². The molecule has 0 radical (unpaired) electrons. The molecule has 2 aromatic heterocycles. The maximum atomic E-state index is 12.8. The number of methoxy groups -OCH3 is 2. The third kappa shape index (κ3) is 14.4. The van der Waals surface area contributed by atoms with Crippen molar-refractivity contribution < 1.29 is 38.1 Å². The van der Waals surface area contributed by atoms with E-state index in [1.165, 1.54) is 19.1 Å². The predicted molar refractivity (Wildman–Crippen MR) is 272 cm³/mol. The molecule has 370 valence electrons. The molecule has 3 N–H and O–H groups in total. The van der Waals surface area contributed by atoms with Crippen molar-refractivity contribution in [3.05, 3.63) is 121 Å². The fraction of sp³-hybridized carbons (Fsp3) is 0.314. The number of nitrogens with one attached hydrogen (secondary N) is 3. The molecule has 2 aliphatic rings. The molecule has 18 nitrogen and oxygen atoms in total. The van der Waals surface area contributed by atoms with Crippen LogP contribution in [0.25, 0.3) is 56.7 Å². The minimum atomic E-state index is -0.819. The van der Waals surface area contributed by atoms with Crippen molar-refractivity contribution in [2.75, 3.05) is 27.3 Å². The first-order valence-corrected chi connectivity index (χ1v) is 21.2. The summed E-state index contributed by atoms with van der Waals surface area (Å²) in [4.78, 5) is 57.5. The van der Waals surface area contributed by atoms with Crippen molar-refractivity contribution >= 4 is 64.7 Å². The lowest BCUT2D eigenvalue weighted by atomic mass is 10.1. The summed E-state index contributed by atoms with van der Waals surface area (Å²) in [5.74, 6) is -0.0261. The van der Waals surface area contributed by atoms with E-state index in [0.717, 1.165) is 38.8 Å². The van der Waals surface area contributed by atoms with Crippen LogP contribution >= 0.6 is 12.4 Å². The number of carbonyl (C=O) groups excluding carboxylic acids is 3. The number of fused-ring (bicyclic) bond motifs is 2. The first-order chi connectivity index (χ1) is 32.3. The van der Waals surface area contributed by atoms with Crippen LogP contribution < -0.4 is 14.8 Å². The van der Waals surface area contributed by atoms with Gasteiger partial charge in [-0.25, -0.2) is 29.5 Å². The van der Waals surface area contributed by atoms with E-state index in [2.05, 4.69) is 28.9 Å². The molecule has 6 aromatic rings. The number of rotatable bonds is 11. The van der Waals surface area contributed by atoms with E-state index < -0.39 is 29.8 Å². The van der Waals surface area contributed by atoms with Gasteiger partial charge >= 0.3 is 18.0 Å². The number of hydrogen-bond acceptors (Lipinski definition) is 15. The Bertz CT molecular complexity index is 2780. The summed E-state index contributed by atoms with van der Waals surface area (Å²) in [5, 5.41) is 7.69. The highest BCUT2D eigenvalue weighted by Gasteiger charge is 2.44. The summed E-state index contributed by atoms with van der Waals surface area (Å²) in [6, 6.07) is 29.7. The minimum absolute atomic E-state index is 0. The molecule has 4 heterocycles. The standard InChI is InChI=1S/C27H29N3O5.C22H21N3O3.2CH4.ClH.H2N4/c1-6-17-10-9-11-18(14-17)23-24(29-21-13-8-7-12-20(21)28-23)34-19-15-22(25(31)33-5)30(16-19)26(32)35-27(2,3)4;1-3-14-7-6-8-15(11-14)20-21(25-18-10-5-4-9-17(18)24-20)28-16-12-19(23-13-16)22(26)27-2;;;;1-3-4-2/h6-14,19,22H,1,15-16H2,2-5H3;3-11,16,19,23H,1,12-13H2,2H3;2*1H4;1H;1-2H/t19-,22+;16-,19+;;;;/m11..../s1. The average Bonchev–Trinajstić information content (AvgIpc) is 4.00. The molecule has 0 spiro atoms. The lowest BCUT2D eigenvalue weighted by Crippen LogP contribution is -2.44. The van der Waals surface area contributed by atoms with Crippen LogP contribution in [0, 0.1) is 11.1 Å². The number of ether oxygens (including phenoxy) is 5. The van der Waals surface area contributed by atoms with Gasteiger partial charge in [0, 0.05) is 30.5 Å². The van der Waals surface area contributed by atoms with E-state index in [1.54, 1.807) is 32.9 Å². The highest BCUT2D eigenvalue weighted by Crippen LogP contribution is 2.34. The molecule has 19 heteroatoms. The largest absolute Gasteiger partial charge is 0.471 e. The van der Waals surface area contributed by atoms with E-state index in [0.29, 0.717) is 41.6 Å². The van der Waals surface area contributed by atoms with Crippen LogP contribution in [0.2, 0.25) is 0 Å². The van der Waals surface area contributed by atoms with Crippen LogP contribution in [-0.2, 0) is 23.8 Å². The fourth-order valence-corrected chi connectivity index (χ4v) is 7.33. The van der Waals surface area contributed by atoms with Crippen LogP contribution in [0.3, 0.4) is 0 Å². The van der Waals surface area contributed by atoms with Crippen molar-refractivity contribution in [3.8, 4) is 34.3 Å². The second-order valence-corrected chi connectivity index (χ2v) is 16.2. The molecule has 8 rings (SSSR count). The van der Waals surface area contributed by atoms with Gasteiger partial charge in [0.25, 0.3) is 0 Å². The first-order valence-electron chi connectivity index (χ1n) is 21.2. The number of amides is 1. The van der Waals surface area contributed by atoms with Gasteiger partial charge in [-0.1, -0.05) is 101 Å². The summed E-state index contributed by atoms with van der Waals surface area (Å²) in [7, 11) is 2.68. The van der Waals surface area contributed by atoms with Gasteiger partial charge in [-0.3, -0.25) is 9.69 Å². The average molecular weight is 978 g/mol. The lowest BCUT2D eigenvalue weighted by molar-refractivity contribution is -0.145. The Kier molecular flexibility index (Phi) is 21.2. The van der Waals surface area contributed by atoms with Crippen LogP contribution in [0.4, 0.5) is 4.79 Å². The van der Waals surface area contributed by atoms with E-state index in [1.807, 2.05) is 97.1 Å². The molecular weight excluding hydrogens is 916 g/mol. The molecule has 4 aromatic carbocycles. The van der Waals surface area contributed by atoms with Gasteiger partial charge < -0.3 is 29.0 Å². The quantitative estimate of drug-likeness (QED) is 0.0475. The maximum Gasteiger partial charge on any atom is 0.411 e. The molecule has 2 fully saturated rings. The zero-order valence-corrected chi connectivity index (χ0v) is 39.1. The smallest absolute Gasteiger partial charge is 0.411 e. The number of hydrogen-bond donors (Lipinski definition) is 3.